The highest BCUT2D eigenvalue weighted by atomic mass is 19.1. The number of guanidine groups is 1. The smallest absolute Gasteiger partial charge is 0.323 e. The quantitative estimate of drug-likeness (QED) is 0.366. The number of hydrogen-bond donors (Lipinski definition) is 6. The molecule has 0 aliphatic carbocycles. The number of nitrogens with one attached hydrogen (secondary N) is 5. The fourth-order valence-electron chi connectivity index (χ4n) is 3.62. The van der Waals surface area contributed by atoms with Crippen molar-refractivity contribution in [1.82, 2.24) is 25.6 Å². The van der Waals surface area contributed by atoms with E-state index in [1.165, 1.54) is 0 Å². The van der Waals surface area contributed by atoms with Crippen LogP contribution >= 0.6 is 0 Å². The highest BCUT2D eigenvalue weighted by Crippen LogP contribution is 2.29. The van der Waals surface area contributed by atoms with E-state index >= 15 is 0 Å². The number of ether oxygens (including phenoxy) is 1. The molecule has 2 aliphatic heterocycles. The predicted molar refractivity (Wildman–Crippen MR) is 114 cm³/mol. The van der Waals surface area contributed by atoms with Gasteiger partial charge in [0.1, 0.15) is 6.10 Å². The third kappa shape index (κ3) is 3.69. The molecule has 160 valence electrons. The summed E-state index contributed by atoms with van der Waals surface area (Å²) in [6.45, 7) is 2.19. The maximum Gasteiger partial charge on any atom is 0.323 e. The van der Waals surface area contributed by atoms with Gasteiger partial charge in [-0.1, -0.05) is 6.07 Å². The number of hydrogen-bond acceptors (Lipinski definition) is 8. The molecule has 0 spiro atoms. The van der Waals surface area contributed by atoms with Crippen molar-refractivity contribution in [3.63, 3.8) is 0 Å². The number of aliphatic imine (C=N–C) groups is 1. The van der Waals surface area contributed by atoms with E-state index in [0.717, 1.165) is 18.4 Å². The fourth-order valence-corrected chi connectivity index (χ4v) is 3.62. The van der Waals surface area contributed by atoms with Crippen LogP contribution in [-0.2, 0) is 10.4 Å². The summed E-state index contributed by atoms with van der Waals surface area (Å²) in [6, 6.07) is 8.63. The molecule has 1 aromatic carbocycles. The lowest BCUT2D eigenvalue weighted by atomic mass is 9.98. The van der Waals surface area contributed by atoms with E-state index in [1.807, 2.05) is 12.1 Å². The van der Waals surface area contributed by atoms with Crippen LogP contribution in [-0.4, -0.2) is 40.6 Å². The van der Waals surface area contributed by atoms with Crippen LogP contribution in [0.15, 0.2) is 58.3 Å². The second-order valence-corrected chi connectivity index (χ2v) is 7.39. The molecule has 1 saturated heterocycles. The molecule has 10 nitrogen and oxygen atoms in total. The Kier molecular flexibility index (Phi) is 4.77. The number of morpholine rings is 1. The van der Waals surface area contributed by atoms with E-state index in [4.69, 9.17) is 10.5 Å². The van der Waals surface area contributed by atoms with Gasteiger partial charge in [-0.05, 0) is 24.3 Å². The summed E-state index contributed by atoms with van der Waals surface area (Å²) in [5, 5.41) is 9.23. The van der Waals surface area contributed by atoms with E-state index < -0.39 is 11.5 Å². The average Bonchev–Trinajstić information content (AvgIpc) is 3.17. The molecule has 2 unspecified atom stereocenters. The van der Waals surface area contributed by atoms with E-state index in [2.05, 4.69) is 35.9 Å². The van der Waals surface area contributed by atoms with Gasteiger partial charge in [-0.2, -0.15) is 0 Å². The first-order valence-electron chi connectivity index (χ1n) is 9.80. The normalized spacial score (nSPS) is 23.7. The zero-order chi connectivity index (χ0) is 21.4. The summed E-state index contributed by atoms with van der Waals surface area (Å²) >= 11 is 0. The van der Waals surface area contributed by atoms with Gasteiger partial charge >= 0.3 is 5.69 Å². The van der Waals surface area contributed by atoms with Gasteiger partial charge in [-0.25, -0.2) is 14.2 Å². The topological polar surface area (TPSA) is 145 Å². The van der Waals surface area contributed by atoms with Crippen molar-refractivity contribution in [3.8, 4) is 0 Å². The number of fused-ring (bicyclic) bond motifs is 1. The van der Waals surface area contributed by atoms with Crippen molar-refractivity contribution < 1.29 is 9.13 Å². The van der Waals surface area contributed by atoms with Gasteiger partial charge in [-0.15, -0.1) is 0 Å². The van der Waals surface area contributed by atoms with Gasteiger partial charge in [0.2, 0.25) is 5.96 Å². The molecule has 3 aromatic rings. The fraction of sp³-hybridized carbons (Fsp3) is 0.250. The molecule has 0 saturated carbocycles. The van der Waals surface area contributed by atoms with E-state index in [0.29, 0.717) is 35.4 Å². The lowest BCUT2D eigenvalue weighted by Gasteiger charge is -2.33. The Bertz CT molecular complexity index is 1230. The van der Waals surface area contributed by atoms with E-state index in [-0.39, 0.29) is 17.8 Å². The van der Waals surface area contributed by atoms with E-state index in [9.17, 15) is 9.18 Å². The summed E-state index contributed by atoms with van der Waals surface area (Å²) in [6.07, 6.45) is 2.63. The molecule has 11 heteroatoms. The number of imidazole rings is 1. The largest absolute Gasteiger partial charge is 0.369 e. The third-order valence-corrected chi connectivity index (χ3v) is 5.28. The summed E-state index contributed by atoms with van der Waals surface area (Å²) in [4.78, 5) is 25.3. The van der Waals surface area contributed by atoms with Gasteiger partial charge in [0.15, 0.2) is 11.5 Å². The number of aromatic nitrogens is 3. The molecule has 0 amide bonds. The van der Waals surface area contributed by atoms with Crippen molar-refractivity contribution in [2.75, 3.05) is 25.0 Å². The highest BCUT2D eigenvalue weighted by molar-refractivity contribution is 5.95. The monoisotopic (exact) mass is 424 g/mol. The first-order chi connectivity index (χ1) is 15.0. The minimum absolute atomic E-state index is 0.0866. The zero-order valence-electron chi connectivity index (χ0n) is 16.4. The predicted octanol–water partition coefficient (Wildman–Crippen LogP) is 0.906. The van der Waals surface area contributed by atoms with Gasteiger partial charge in [-0.3, -0.25) is 10.7 Å². The molecule has 0 radical (unpaired) electrons. The molecule has 5 rings (SSSR count). The number of nitrogens with zero attached hydrogens (tertiary/aromatic N) is 2. The number of pyridine rings is 1. The Balaban J connectivity index is 1.35. The first-order valence-corrected chi connectivity index (χ1v) is 9.80. The van der Waals surface area contributed by atoms with Crippen molar-refractivity contribution >= 4 is 22.7 Å². The van der Waals surface area contributed by atoms with Crippen molar-refractivity contribution in [2.45, 2.75) is 11.8 Å². The molecule has 31 heavy (non-hydrogen) atoms. The highest BCUT2D eigenvalue weighted by Gasteiger charge is 2.36. The van der Waals surface area contributed by atoms with Gasteiger partial charge in [0, 0.05) is 18.7 Å². The van der Waals surface area contributed by atoms with Gasteiger partial charge in [0.05, 0.1) is 41.4 Å². The number of halogens is 1. The van der Waals surface area contributed by atoms with Crippen LogP contribution in [0.5, 0.6) is 0 Å². The molecule has 2 aromatic heterocycles. The Morgan fingerprint density at radius 3 is 2.87 bits per heavy atom. The molecule has 2 aliphatic rings. The molecule has 0 bridgehead atoms. The summed E-state index contributed by atoms with van der Waals surface area (Å²) in [5.74, 6) is -0.401. The van der Waals surface area contributed by atoms with Crippen LogP contribution in [0.3, 0.4) is 0 Å². The minimum atomic E-state index is -1.65. The third-order valence-electron chi connectivity index (χ3n) is 5.28. The standard InChI is InChI=1S/C20H21FN8O2/c21-17-10-25-18(26-12-2-4-14(24-8-12)16-9-23-5-6-31-16)29-20(17,22)11-1-3-13-15(7-11)28-19(30)27-13/h1-4,7-8,10,16,23H,5-6,9,22H2,(H2,25,26,29)(H2,27,28,30). The van der Waals surface area contributed by atoms with Crippen LogP contribution in [0.2, 0.25) is 0 Å². The van der Waals surface area contributed by atoms with Crippen LogP contribution in [0.4, 0.5) is 10.1 Å². The number of nitrogens with two attached hydrogens (primary N) is 1. The van der Waals surface area contributed by atoms with Gasteiger partial charge < -0.3 is 30.7 Å². The number of H-pyrrole nitrogens is 2. The van der Waals surface area contributed by atoms with Crippen LogP contribution in [0.1, 0.15) is 17.4 Å². The molecular weight excluding hydrogens is 403 g/mol. The molecule has 7 N–H and O–H groups in total. The summed E-state index contributed by atoms with van der Waals surface area (Å²) in [5.41, 5.74) is 7.41. The lowest BCUT2D eigenvalue weighted by Crippen LogP contribution is -2.56. The SMILES string of the molecule is NC1(c2ccc3[nH]c(=O)[nH]c3c2)NC(Nc2ccc(C3CNCCO3)nc2)=NC=C1F. The first kappa shape index (κ1) is 19.4. The Morgan fingerprint density at radius 2 is 2.10 bits per heavy atom. The number of benzene rings is 1. The molecule has 2 atom stereocenters. The molecule has 1 fully saturated rings. The average molecular weight is 424 g/mol. The van der Waals surface area contributed by atoms with Crippen molar-refractivity contribution in [2.24, 2.45) is 10.7 Å². The Morgan fingerprint density at radius 1 is 1.23 bits per heavy atom. The minimum Gasteiger partial charge on any atom is -0.369 e. The molecule has 4 heterocycles. The maximum absolute atomic E-state index is 14.7. The lowest BCUT2D eigenvalue weighted by molar-refractivity contribution is 0.0250. The second kappa shape index (κ2) is 7.61. The van der Waals surface area contributed by atoms with Gasteiger partial charge in [0.25, 0.3) is 0 Å². The summed E-state index contributed by atoms with van der Waals surface area (Å²) in [7, 11) is 0. The van der Waals surface area contributed by atoms with Crippen molar-refractivity contribution in [1.29, 1.82) is 0 Å². The Hall–Kier alpha value is -3.54. The molecular formula is C20H21FN8O2. The number of aromatic amines is 2. The number of rotatable bonds is 3. The summed E-state index contributed by atoms with van der Waals surface area (Å²) < 4.78 is 20.4. The van der Waals surface area contributed by atoms with E-state index in [1.54, 1.807) is 24.4 Å². The Labute approximate surface area is 175 Å². The van der Waals surface area contributed by atoms with Crippen LogP contribution < -0.4 is 27.4 Å². The van der Waals surface area contributed by atoms with Crippen molar-refractivity contribution in [3.05, 3.63) is 70.3 Å². The maximum atomic E-state index is 14.7. The second-order valence-electron chi connectivity index (χ2n) is 7.39. The zero-order valence-corrected chi connectivity index (χ0v) is 16.4. The van der Waals surface area contributed by atoms with Crippen LogP contribution in [0, 0.1) is 0 Å². The number of anilines is 1. The van der Waals surface area contributed by atoms with Crippen LogP contribution in [0.25, 0.3) is 11.0 Å².